The zero-order valence-corrected chi connectivity index (χ0v) is 11.7. The molecule has 0 saturated heterocycles. The first-order valence-corrected chi connectivity index (χ1v) is 6.42. The van der Waals surface area contributed by atoms with Gasteiger partial charge in [-0.2, -0.15) is 0 Å². The molecule has 0 fully saturated rings. The molecule has 0 radical (unpaired) electrons. The molecule has 0 bridgehead atoms. The van der Waals surface area contributed by atoms with Crippen LogP contribution in [0.3, 0.4) is 0 Å². The molecule has 19 heavy (non-hydrogen) atoms. The van der Waals surface area contributed by atoms with Gasteiger partial charge in [0.2, 0.25) is 0 Å². The molecule has 3 nitrogen and oxygen atoms in total. The van der Waals surface area contributed by atoms with Crippen LogP contribution < -0.4 is 10.6 Å². The second-order valence-corrected chi connectivity index (χ2v) is 4.85. The Morgan fingerprint density at radius 3 is 2.37 bits per heavy atom. The Labute approximate surface area is 122 Å². The van der Waals surface area contributed by atoms with E-state index in [-0.39, 0.29) is 11.5 Å². The summed E-state index contributed by atoms with van der Waals surface area (Å²) in [7, 11) is 0. The molecule has 0 atom stereocenters. The van der Waals surface area contributed by atoms with Crippen LogP contribution in [0.1, 0.15) is 0 Å². The average Bonchev–Trinajstić information content (AvgIpc) is 2.36. The van der Waals surface area contributed by atoms with E-state index >= 15 is 0 Å². The maximum absolute atomic E-state index is 13.3. The highest BCUT2D eigenvalue weighted by Crippen LogP contribution is 2.19. The van der Waals surface area contributed by atoms with E-state index in [0.29, 0.717) is 9.26 Å². The monoisotopic (exact) mass is 374 g/mol. The SMILES string of the molecule is O=C(Nc1ccccc1F)Nc1ccc(F)cc1I. The quantitative estimate of drug-likeness (QED) is 0.760. The molecule has 0 unspecified atom stereocenters. The summed E-state index contributed by atoms with van der Waals surface area (Å²) in [4.78, 5) is 11.7. The van der Waals surface area contributed by atoms with Gasteiger partial charge in [-0.1, -0.05) is 12.1 Å². The topological polar surface area (TPSA) is 41.1 Å². The van der Waals surface area contributed by atoms with Crippen molar-refractivity contribution >= 4 is 40.0 Å². The Kier molecular flexibility index (Phi) is 4.31. The minimum Gasteiger partial charge on any atom is -0.307 e. The Morgan fingerprint density at radius 2 is 1.68 bits per heavy atom. The molecule has 0 aliphatic rings. The number of anilines is 2. The normalized spacial score (nSPS) is 10.1. The van der Waals surface area contributed by atoms with Crippen LogP contribution in [0.2, 0.25) is 0 Å². The molecular weight excluding hydrogens is 365 g/mol. The Bertz CT molecular complexity index is 619. The van der Waals surface area contributed by atoms with Crippen LogP contribution in [-0.2, 0) is 0 Å². The van der Waals surface area contributed by atoms with Gasteiger partial charge in [0.1, 0.15) is 11.6 Å². The molecule has 2 rings (SSSR count). The zero-order valence-electron chi connectivity index (χ0n) is 9.58. The predicted molar refractivity (Wildman–Crippen MR) is 78.2 cm³/mol. The molecule has 6 heteroatoms. The van der Waals surface area contributed by atoms with Gasteiger partial charge in [-0.3, -0.25) is 0 Å². The van der Waals surface area contributed by atoms with Gasteiger partial charge in [-0.05, 0) is 52.9 Å². The van der Waals surface area contributed by atoms with E-state index in [0.717, 1.165) is 0 Å². The van der Waals surface area contributed by atoms with Crippen molar-refractivity contribution in [3.05, 3.63) is 57.7 Å². The Balaban J connectivity index is 2.08. The van der Waals surface area contributed by atoms with Crippen molar-refractivity contribution in [2.45, 2.75) is 0 Å². The molecule has 2 N–H and O–H groups in total. The summed E-state index contributed by atoms with van der Waals surface area (Å²) in [5, 5.41) is 4.90. The van der Waals surface area contributed by atoms with E-state index in [1.165, 1.54) is 36.4 Å². The van der Waals surface area contributed by atoms with Crippen LogP contribution in [0.25, 0.3) is 0 Å². The fourth-order valence-corrected chi connectivity index (χ4v) is 2.04. The highest BCUT2D eigenvalue weighted by molar-refractivity contribution is 14.1. The second-order valence-electron chi connectivity index (χ2n) is 3.68. The van der Waals surface area contributed by atoms with Gasteiger partial charge in [-0.15, -0.1) is 0 Å². The number of carbonyl (C=O) groups is 1. The summed E-state index contributed by atoms with van der Waals surface area (Å²) >= 11 is 1.90. The first-order chi connectivity index (χ1) is 9.06. The lowest BCUT2D eigenvalue weighted by atomic mass is 10.3. The lowest BCUT2D eigenvalue weighted by Gasteiger charge is -2.09. The number of amides is 2. The molecule has 0 saturated carbocycles. The standard InChI is InChI=1S/C13H9F2IN2O/c14-8-5-6-12(10(16)7-8)18-13(19)17-11-4-2-1-3-9(11)15/h1-7H,(H2,17,18,19). The molecule has 0 aliphatic carbocycles. The van der Waals surface area contributed by atoms with Crippen molar-refractivity contribution in [3.8, 4) is 0 Å². The van der Waals surface area contributed by atoms with Gasteiger partial charge in [-0.25, -0.2) is 13.6 Å². The largest absolute Gasteiger partial charge is 0.323 e. The minimum atomic E-state index is -0.588. The molecule has 2 amide bonds. The van der Waals surface area contributed by atoms with E-state index in [1.807, 2.05) is 22.6 Å². The van der Waals surface area contributed by atoms with Crippen LogP contribution in [-0.4, -0.2) is 6.03 Å². The van der Waals surface area contributed by atoms with E-state index < -0.39 is 11.8 Å². The Hall–Kier alpha value is -1.70. The van der Waals surface area contributed by atoms with Crippen molar-refractivity contribution in [1.82, 2.24) is 0 Å². The summed E-state index contributed by atoms with van der Waals surface area (Å²) in [5.74, 6) is -0.907. The fourth-order valence-electron chi connectivity index (χ4n) is 1.43. The lowest BCUT2D eigenvalue weighted by molar-refractivity contribution is 0.262. The summed E-state index contributed by atoms with van der Waals surface area (Å²) < 4.78 is 26.8. The number of para-hydroxylation sites is 1. The van der Waals surface area contributed by atoms with E-state index in [4.69, 9.17) is 0 Å². The third kappa shape index (κ3) is 3.63. The predicted octanol–water partition coefficient (Wildman–Crippen LogP) is 4.21. The number of nitrogens with one attached hydrogen (secondary N) is 2. The molecule has 2 aromatic carbocycles. The van der Waals surface area contributed by atoms with E-state index in [2.05, 4.69) is 10.6 Å². The highest BCUT2D eigenvalue weighted by Gasteiger charge is 2.08. The van der Waals surface area contributed by atoms with Gasteiger partial charge < -0.3 is 10.6 Å². The lowest BCUT2D eigenvalue weighted by Crippen LogP contribution is -2.20. The highest BCUT2D eigenvalue weighted by atomic mass is 127. The van der Waals surface area contributed by atoms with Gasteiger partial charge in [0, 0.05) is 3.57 Å². The van der Waals surface area contributed by atoms with Crippen LogP contribution in [0.4, 0.5) is 25.0 Å². The average molecular weight is 374 g/mol. The molecule has 0 heterocycles. The molecule has 98 valence electrons. The zero-order chi connectivity index (χ0) is 13.8. The molecule has 2 aromatic rings. The van der Waals surface area contributed by atoms with Crippen molar-refractivity contribution < 1.29 is 13.6 Å². The van der Waals surface area contributed by atoms with Crippen molar-refractivity contribution in [2.24, 2.45) is 0 Å². The van der Waals surface area contributed by atoms with E-state index in [1.54, 1.807) is 6.07 Å². The number of benzene rings is 2. The van der Waals surface area contributed by atoms with Gasteiger partial charge in [0.15, 0.2) is 0 Å². The van der Waals surface area contributed by atoms with Crippen molar-refractivity contribution in [2.75, 3.05) is 10.6 Å². The first kappa shape index (κ1) is 13.7. The van der Waals surface area contributed by atoms with Gasteiger partial charge >= 0.3 is 6.03 Å². The first-order valence-electron chi connectivity index (χ1n) is 5.34. The smallest absolute Gasteiger partial charge is 0.307 e. The number of hydrogen-bond acceptors (Lipinski definition) is 1. The summed E-state index contributed by atoms with van der Waals surface area (Å²) in [6.45, 7) is 0. The molecule has 0 aliphatic heterocycles. The maximum Gasteiger partial charge on any atom is 0.323 e. The third-order valence-corrected chi connectivity index (χ3v) is 3.19. The number of halogens is 3. The van der Waals surface area contributed by atoms with Crippen molar-refractivity contribution in [1.29, 1.82) is 0 Å². The van der Waals surface area contributed by atoms with Crippen LogP contribution >= 0.6 is 22.6 Å². The third-order valence-electron chi connectivity index (χ3n) is 2.30. The fraction of sp³-hybridized carbons (Fsp3) is 0. The van der Waals surface area contributed by atoms with E-state index in [9.17, 15) is 13.6 Å². The maximum atomic E-state index is 13.3. The second kappa shape index (κ2) is 5.96. The molecular formula is C13H9F2IN2O. The van der Waals surface area contributed by atoms with Crippen LogP contribution in [0.5, 0.6) is 0 Å². The van der Waals surface area contributed by atoms with Gasteiger partial charge in [0.25, 0.3) is 0 Å². The van der Waals surface area contributed by atoms with Crippen LogP contribution in [0.15, 0.2) is 42.5 Å². The van der Waals surface area contributed by atoms with Crippen LogP contribution in [0, 0.1) is 15.2 Å². The number of carbonyl (C=O) groups excluding carboxylic acids is 1. The summed E-state index contributed by atoms with van der Waals surface area (Å²) in [6, 6.07) is 9.22. The minimum absolute atomic E-state index is 0.0807. The van der Waals surface area contributed by atoms with Crippen molar-refractivity contribution in [3.63, 3.8) is 0 Å². The Morgan fingerprint density at radius 1 is 1.00 bits per heavy atom. The summed E-state index contributed by atoms with van der Waals surface area (Å²) in [5.41, 5.74) is 0.535. The van der Waals surface area contributed by atoms with Gasteiger partial charge in [0.05, 0.1) is 11.4 Å². The summed E-state index contributed by atoms with van der Waals surface area (Å²) in [6.07, 6.45) is 0. The molecule has 0 aromatic heterocycles. The number of urea groups is 1. The number of hydrogen-bond donors (Lipinski definition) is 2. The molecule has 0 spiro atoms. The number of rotatable bonds is 2.